The Morgan fingerprint density at radius 3 is 2.82 bits per heavy atom. The topological polar surface area (TPSA) is 55.1 Å². The minimum absolute atomic E-state index is 0.0310. The molecule has 17 heavy (non-hydrogen) atoms. The van der Waals surface area contributed by atoms with Crippen LogP contribution >= 0.6 is 15.9 Å². The molecular formula is C13H19BrN2O. The molecule has 94 valence electrons. The maximum absolute atomic E-state index is 11.8. The van der Waals surface area contributed by atoms with Crippen LogP contribution in [-0.2, 0) is 4.79 Å². The number of hydrogen-bond donors (Lipinski definition) is 2. The van der Waals surface area contributed by atoms with Crippen LogP contribution in [0.5, 0.6) is 0 Å². The Kier molecular flexibility index (Phi) is 5.65. The molecule has 1 aromatic carbocycles. The van der Waals surface area contributed by atoms with Crippen molar-refractivity contribution in [2.75, 3.05) is 11.9 Å². The van der Waals surface area contributed by atoms with Gasteiger partial charge < -0.3 is 11.1 Å². The lowest BCUT2D eigenvalue weighted by Gasteiger charge is -2.13. The number of anilines is 1. The number of benzene rings is 1. The zero-order valence-corrected chi connectivity index (χ0v) is 11.9. The molecule has 1 aromatic rings. The van der Waals surface area contributed by atoms with Gasteiger partial charge in [-0.15, -0.1) is 0 Å². The fraction of sp³-hybridized carbons (Fsp3) is 0.462. The van der Waals surface area contributed by atoms with Crippen LogP contribution in [0.25, 0.3) is 0 Å². The number of rotatable bonds is 5. The van der Waals surface area contributed by atoms with E-state index >= 15 is 0 Å². The Labute approximate surface area is 111 Å². The third-order valence-corrected chi connectivity index (χ3v) is 3.35. The number of carbonyl (C=O) groups excluding carboxylic acids is 1. The highest BCUT2D eigenvalue weighted by Gasteiger charge is 2.11. The van der Waals surface area contributed by atoms with Gasteiger partial charge in [-0.3, -0.25) is 4.79 Å². The lowest BCUT2D eigenvalue weighted by atomic mass is 10.0. The van der Waals surface area contributed by atoms with Gasteiger partial charge in [-0.05, 0) is 37.1 Å². The molecule has 1 unspecified atom stereocenters. The normalized spacial score (nSPS) is 12.2. The number of carbonyl (C=O) groups is 1. The summed E-state index contributed by atoms with van der Waals surface area (Å²) in [4.78, 5) is 11.8. The number of amides is 1. The van der Waals surface area contributed by atoms with Gasteiger partial charge in [-0.1, -0.05) is 35.3 Å². The highest BCUT2D eigenvalue weighted by Crippen LogP contribution is 2.21. The van der Waals surface area contributed by atoms with Gasteiger partial charge >= 0.3 is 0 Å². The summed E-state index contributed by atoms with van der Waals surface area (Å²) < 4.78 is 0.962. The van der Waals surface area contributed by atoms with Gasteiger partial charge in [-0.2, -0.15) is 0 Å². The highest BCUT2D eigenvalue weighted by atomic mass is 79.9. The Morgan fingerprint density at radius 1 is 1.53 bits per heavy atom. The lowest BCUT2D eigenvalue weighted by molar-refractivity contribution is -0.117. The second kappa shape index (κ2) is 6.77. The monoisotopic (exact) mass is 298 g/mol. The fourth-order valence-corrected chi connectivity index (χ4v) is 1.95. The van der Waals surface area contributed by atoms with E-state index in [0.29, 0.717) is 13.0 Å². The molecule has 0 heterocycles. The van der Waals surface area contributed by atoms with Crippen LogP contribution in [0.4, 0.5) is 5.69 Å². The third-order valence-electron chi connectivity index (χ3n) is 2.86. The van der Waals surface area contributed by atoms with Crippen LogP contribution in [0, 0.1) is 12.8 Å². The Hall–Kier alpha value is -0.870. The lowest BCUT2D eigenvalue weighted by Crippen LogP contribution is -2.22. The summed E-state index contributed by atoms with van der Waals surface area (Å²) >= 11 is 3.39. The number of nitrogens with two attached hydrogens (primary N) is 1. The fourth-order valence-electron chi connectivity index (χ4n) is 1.59. The number of aryl methyl sites for hydroxylation is 1. The molecule has 0 aromatic heterocycles. The minimum atomic E-state index is 0.0310. The molecule has 1 amide bonds. The first-order valence-corrected chi connectivity index (χ1v) is 6.62. The first kappa shape index (κ1) is 14.2. The molecule has 0 radical (unpaired) electrons. The first-order chi connectivity index (χ1) is 8.06. The smallest absolute Gasteiger partial charge is 0.224 e. The van der Waals surface area contributed by atoms with Gasteiger partial charge in [0, 0.05) is 16.6 Å². The summed E-state index contributed by atoms with van der Waals surface area (Å²) in [6, 6.07) is 5.84. The van der Waals surface area contributed by atoms with Crippen molar-refractivity contribution < 1.29 is 4.79 Å². The van der Waals surface area contributed by atoms with E-state index in [1.165, 1.54) is 0 Å². The van der Waals surface area contributed by atoms with Crippen molar-refractivity contribution in [2.24, 2.45) is 11.7 Å². The van der Waals surface area contributed by atoms with Crippen molar-refractivity contribution in [1.82, 2.24) is 0 Å². The molecule has 0 spiro atoms. The SMILES string of the molecule is CCC(CN)CC(=O)Nc1cc(Br)ccc1C. The van der Waals surface area contributed by atoms with Crippen molar-refractivity contribution in [3.8, 4) is 0 Å². The number of hydrogen-bond acceptors (Lipinski definition) is 2. The van der Waals surface area contributed by atoms with Crippen molar-refractivity contribution in [3.63, 3.8) is 0 Å². The van der Waals surface area contributed by atoms with E-state index in [0.717, 1.165) is 22.1 Å². The summed E-state index contributed by atoms with van der Waals surface area (Å²) in [5, 5.41) is 2.93. The summed E-state index contributed by atoms with van der Waals surface area (Å²) in [7, 11) is 0. The number of halogens is 1. The predicted octanol–water partition coefficient (Wildman–Crippen LogP) is 3.07. The van der Waals surface area contributed by atoms with E-state index in [-0.39, 0.29) is 11.8 Å². The second-order valence-electron chi connectivity index (χ2n) is 4.22. The molecular weight excluding hydrogens is 280 g/mol. The van der Waals surface area contributed by atoms with Crippen LogP contribution < -0.4 is 11.1 Å². The zero-order chi connectivity index (χ0) is 12.8. The average molecular weight is 299 g/mol. The number of nitrogens with one attached hydrogen (secondary N) is 1. The second-order valence-corrected chi connectivity index (χ2v) is 5.14. The molecule has 0 fully saturated rings. The molecule has 4 heteroatoms. The standard InChI is InChI=1S/C13H19BrN2O/c1-3-10(8-15)6-13(17)16-12-7-11(14)5-4-9(12)2/h4-5,7,10H,3,6,8,15H2,1-2H3,(H,16,17). The van der Waals surface area contributed by atoms with Crippen molar-refractivity contribution in [3.05, 3.63) is 28.2 Å². The molecule has 1 rings (SSSR count). The van der Waals surface area contributed by atoms with E-state index < -0.39 is 0 Å². The first-order valence-electron chi connectivity index (χ1n) is 5.82. The average Bonchev–Trinajstić information content (AvgIpc) is 2.31. The van der Waals surface area contributed by atoms with Crippen LogP contribution in [-0.4, -0.2) is 12.5 Å². The van der Waals surface area contributed by atoms with Gasteiger partial charge in [0.05, 0.1) is 0 Å². The van der Waals surface area contributed by atoms with Gasteiger partial charge in [0.15, 0.2) is 0 Å². The van der Waals surface area contributed by atoms with Crippen LogP contribution in [0.2, 0.25) is 0 Å². The van der Waals surface area contributed by atoms with E-state index in [9.17, 15) is 4.79 Å². The quantitative estimate of drug-likeness (QED) is 0.878. The summed E-state index contributed by atoms with van der Waals surface area (Å²) in [5.41, 5.74) is 7.51. The maximum Gasteiger partial charge on any atom is 0.224 e. The maximum atomic E-state index is 11.8. The Bertz CT molecular complexity index is 389. The van der Waals surface area contributed by atoms with Gasteiger partial charge in [0.1, 0.15) is 0 Å². The van der Waals surface area contributed by atoms with Crippen LogP contribution in [0.1, 0.15) is 25.3 Å². The van der Waals surface area contributed by atoms with Crippen molar-refractivity contribution in [2.45, 2.75) is 26.7 Å². The molecule has 0 bridgehead atoms. The molecule has 0 saturated carbocycles. The summed E-state index contributed by atoms with van der Waals surface area (Å²) in [5.74, 6) is 0.297. The van der Waals surface area contributed by atoms with Gasteiger partial charge in [0.25, 0.3) is 0 Å². The van der Waals surface area contributed by atoms with Gasteiger partial charge in [0.2, 0.25) is 5.91 Å². The van der Waals surface area contributed by atoms with Gasteiger partial charge in [-0.25, -0.2) is 0 Å². The molecule has 0 saturated heterocycles. The van der Waals surface area contributed by atoms with E-state index in [4.69, 9.17) is 5.73 Å². The molecule has 3 N–H and O–H groups in total. The molecule has 0 aliphatic carbocycles. The van der Waals surface area contributed by atoms with Crippen LogP contribution in [0.3, 0.4) is 0 Å². The minimum Gasteiger partial charge on any atom is -0.330 e. The Morgan fingerprint density at radius 2 is 2.24 bits per heavy atom. The molecule has 0 aliphatic rings. The zero-order valence-electron chi connectivity index (χ0n) is 10.3. The van der Waals surface area contributed by atoms with Crippen molar-refractivity contribution in [1.29, 1.82) is 0 Å². The van der Waals surface area contributed by atoms with E-state index in [1.807, 2.05) is 25.1 Å². The van der Waals surface area contributed by atoms with Crippen LogP contribution in [0.15, 0.2) is 22.7 Å². The van der Waals surface area contributed by atoms with Crippen molar-refractivity contribution >= 4 is 27.5 Å². The summed E-state index contributed by atoms with van der Waals surface area (Å²) in [6.45, 7) is 4.58. The highest BCUT2D eigenvalue weighted by molar-refractivity contribution is 9.10. The molecule has 3 nitrogen and oxygen atoms in total. The van der Waals surface area contributed by atoms with E-state index in [2.05, 4.69) is 28.2 Å². The Balaban J connectivity index is 2.64. The molecule has 0 aliphatic heterocycles. The largest absolute Gasteiger partial charge is 0.330 e. The third kappa shape index (κ3) is 4.48. The molecule has 1 atom stereocenters. The predicted molar refractivity (Wildman–Crippen MR) is 75.0 cm³/mol. The summed E-state index contributed by atoms with van der Waals surface area (Å²) in [6.07, 6.45) is 1.42. The van der Waals surface area contributed by atoms with E-state index in [1.54, 1.807) is 0 Å².